The Hall–Kier alpha value is -2.57. The lowest BCUT2D eigenvalue weighted by Gasteiger charge is -2.15. The van der Waals surface area contributed by atoms with Gasteiger partial charge in [-0.15, -0.1) is 0 Å². The molecule has 0 saturated carbocycles. The van der Waals surface area contributed by atoms with Crippen LogP contribution >= 0.6 is 0 Å². The SMILES string of the molecule is CC(=O)Nc1cccc(NCC(NC(C)=O)C(=O)O)c1. The van der Waals surface area contributed by atoms with Crippen LogP contribution in [0.2, 0.25) is 0 Å². The summed E-state index contributed by atoms with van der Waals surface area (Å²) in [5, 5.41) is 16.8. The highest BCUT2D eigenvalue weighted by molar-refractivity contribution is 5.89. The number of amides is 2. The van der Waals surface area contributed by atoms with Crippen LogP contribution in [0.3, 0.4) is 0 Å². The Labute approximate surface area is 116 Å². The van der Waals surface area contributed by atoms with Crippen molar-refractivity contribution in [3.63, 3.8) is 0 Å². The predicted molar refractivity (Wildman–Crippen MR) is 74.5 cm³/mol. The van der Waals surface area contributed by atoms with Gasteiger partial charge in [0.25, 0.3) is 0 Å². The van der Waals surface area contributed by atoms with Crippen LogP contribution < -0.4 is 16.0 Å². The van der Waals surface area contributed by atoms with Gasteiger partial charge in [-0.25, -0.2) is 4.79 Å². The summed E-state index contributed by atoms with van der Waals surface area (Å²) in [5.74, 6) is -1.72. The molecule has 4 N–H and O–H groups in total. The van der Waals surface area contributed by atoms with Crippen LogP contribution in [0.15, 0.2) is 24.3 Å². The molecule has 0 spiro atoms. The number of aliphatic carboxylic acids is 1. The van der Waals surface area contributed by atoms with E-state index in [4.69, 9.17) is 5.11 Å². The van der Waals surface area contributed by atoms with Gasteiger partial charge in [0.05, 0.1) is 0 Å². The van der Waals surface area contributed by atoms with E-state index in [2.05, 4.69) is 16.0 Å². The minimum Gasteiger partial charge on any atom is -0.480 e. The van der Waals surface area contributed by atoms with Crippen molar-refractivity contribution in [3.8, 4) is 0 Å². The summed E-state index contributed by atoms with van der Waals surface area (Å²) in [4.78, 5) is 32.8. The maximum atomic E-state index is 11.0. The summed E-state index contributed by atoms with van der Waals surface area (Å²) in [6.07, 6.45) is 0. The molecule has 0 radical (unpaired) electrons. The van der Waals surface area contributed by atoms with Gasteiger partial charge in [0, 0.05) is 31.8 Å². The van der Waals surface area contributed by atoms with E-state index < -0.39 is 17.9 Å². The standard InChI is InChI=1S/C13H17N3O4/c1-8(17)15-11-5-3-4-10(6-11)14-7-12(13(19)20)16-9(2)18/h3-6,12,14H,7H2,1-2H3,(H,15,17)(H,16,18)(H,19,20). The molecule has 7 heteroatoms. The number of benzene rings is 1. The quantitative estimate of drug-likeness (QED) is 0.611. The Kier molecular flexibility index (Phi) is 5.52. The minimum absolute atomic E-state index is 0.0401. The largest absolute Gasteiger partial charge is 0.480 e. The van der Waals surface area contributed by atoms with Crippen molar-refractivity contribution < 1.29 is 19.5 Å². The summed E-state index contributed by atoms with van der Waals surface area (Å²) in [6, 6.07) is 5.83. The highest BCUT2D eigenvalue weighted by Crippen LogP contribution is 2.14. The van der Waals surface area contributed by atoms with Gasteiger partial charge in [0.15, 0.2) is 0 Å². The molecule has 1 rings (SSSR count). The molecule has 0 aromatic heterocycles. The zero-order valence-corrected chi connectivity index (χ0v) is 11.3. The normalized spacial score (nSPS) is 11.3. The van der Waals surface area contributed by atoms with E-state index in [9.17, 15) is 14.4 Å². The molecule has 0 heterocycles. The first-order chi connectivity index (χ1) is 9.38. The van der Waals surface area contributed by atoms with Gasteiger partial charge in [-0.1, -0.05) is 6.07 Å². The van der Waals surface area contributed by atoms with Crippen molar-refractivity contribution >= 4 is 29.2 Å². The van der Waals surface area contributed by atoms with Crippen LogP contribution in [0.5, 0.6) is 0 Å². The Morgan fingerprint density at radius 2 is 1.80 bits per heavy atom. The van der Waals surface area contributed by atoms with E-state index in [-0.39, 0.29) is 12.5 Å². The lowest BCUT2D eigenvalue weighted by atomic mass is 10.2. The number of anilines is 2. The van der Waals surface area contributed by atoms with Crippen LogP contribution in [0.4, 0.5) is 11.4 Å². The number of nitrogens with one attached hydrogen (secondary N) is 3. The average Bonchev–Trinajstić information content (AvgIpc) is 2.33. The number of rotatable bonds is 6. The van der Waals surface area contributed by atoms with E-state index >= 15 is 0 Å². The van der Waals surface area contributed by atoms with Crippen molar-refractivity contribution in [2.45, 2.75) is 19.9 Å². The Morgan fingerprint density at radius 1 is 1.15 bits per heavy atom. The molecule has 1 unspecified atom stereocenters. The highest BCUT2D eigenvalue weighted by Gasteiger charge is 2.17. The fourth-order valence-electron chi connectivity index (χ4n) is 1.58. The fourth-order valence-corrected chi connectivity index (χ4v) is 1.58. The maximum absolute atomic E-state index is 11.0. The average molecular weight is 279 g/mol. The molecule has 20 heavy (non-hydrogen) atoms. The van der Waals surface area contributed by atoms with E-state index in [1.54, 1.807) is 24.3 Å². The molecule has 1 atom stereocenters. The van der Waals surface area contributed by atoms with Crippen molar-refractivity contribution in [2.24, 2.45) is 0 Å². The molecule has 1 aromatic rings. The molecule has 7 nitrogen and oxygen atoms in total. The molecule has 0 aliphatic carbocycles. The zero-order valence-electron chi connectivity index (χ0n) is 11.3. The Bertz CT molecular complexity index is 516. The second-order valence-electron chi connectivity index (χ2n) is 4.23. The second kappa shape index (κ2) is 7.13. The van der Waals surface area contributed by atoms with Gasteiger partial charge in [-0.05, 0) is 18.2 Å². The molecule has 0 fully saturated rings. The minimum atomic E-state index is -1.12. The third-order valence-corrected chi connectivity index (χ3v) is 2.37. The molecule has 0 aliphatic rings. The number of hydrogen-bond acceptors (Lipinski definition) is 4. The highest BCUT2D eigenvalue weighted by atomic mass is 16.4. The van der Waals surface area contributed by atoms with Gasteiger partial charge in [0.1, 0.15) is 6.04 Å². The summed E-state index contributed by atoms with van der Waals surface area (Å²) < 4.78 is 0. The van der Waals surface area contributed by atoms with Crippen LogP contribution in [0.25, 0.3) is 0 Å². The molecule has 2 amide bonds. The lowest BCUT2D eigenvalue weighted by Crippen LogP contribution is -2.44. The lowest BCUT2D eigenvalue weighted by molar-refractivity contribution is -0.141. The molecular weight excluding hydrogens is 262 g/mol. The van der Waals surface area contributed by atoms with Crippen LogP contribution in [-0.4, -0.2) is 35.5 Å². The van der Waals surface area contributed by atoms with Gasteiger partial charge in [-0.2, -0.15) is 0 Å². The summed E-state index contributed by atoms with van der Waals surface area (Å²) >= 11 is 0. The smallest absolute Gasteiger partial charge is 0.328 e. The molecule has 0 bridgehead atoms. The number of carbonyl (C=O) groups is 3. The number of carbonyl (C=O) groups excluding carboxylic acids is 2. The molecule has 0 aliphatic heterocycles. The van der Waals surface area contributed by atoms with Crippen LogP contribution in [-0.2, 0) is 14.4 Å². The summed E-state index contributed by atoms with van der Waals surface area (Å²) in [7, 11) is 0. The van der Waals surface area contributed by atoms with Crippen molar-refractivity contribution in [1.82, 2.24) is 5.32 Å². The van der Waals surface area contributed by atoms with Crippen LogP contribution in [0.1, 0.15) is 13.8 Å². The summed E-state index contributed by atoms with van der Waals surface area (Å²) in [5.41, 5.74) is 1.25. The van der Waals surface area contributed by atoms with E-state index in [0.29, 0.717) is 11.4 Å². The maximum Gasteiger partial charge on any atom is 0.328 e. The van der Waals surface area contributed by atoms with Gasteiger partial charge >= 0.3 is 5.97 Å². The second-order valence-corrected chi connectivity index (χ2v) is 4.23. The van der Waals surface area contributed by atoms with Crippen LogP contribution in [0, 0.1) is 0 Å². The monoisotopic (exact) mass is 279 g/mol. The van der Waals surface area contributed by atoms with E-state index in [0.717, 1.165) is 0 Å². The van der Waals surface area contributed by atoms with Gasteiger partial charge < -0.3 is 21.1 Å². The predicted octanol–water partition coefficient (Wildman–Crippen LogP) is 0.646. The van der Waals surface area contributed by atoms with E-state index in [1.807, 2.05) is 0 Å². The first-order valence-corrected chi connectivity index (χ1v) is 6.00. The summed E-state index contributed by atoms with van der Waals surface area (Å²) in [6.45, 7) is 2.70. The topological polar surface area (TPSA) is 108 Å². The van der Waals surface area contributed by atoms with E-state index in [1.165, 1.54) is 13.8 Å². The first-order valence-electron chi connectivity index (χ1n) is 6.00. The first kappa shape index (κ1) is 15.5. The van der Waals surface area contributed by atoms with Gasteiger partial charge in [0.2, 0.25) is 11.8 Å². The third kappa shape index (κ3) is 5.38. The molecule has 108 valence electrons. The molecular formula is C13H17N3O4. The number of hydrogen-bond donors (Lipinski definition) is 4. The number of carboxylic acids is 1. The number of carboxylic acid groups (broad SMARTS) is 1. The molecule has 1 aromatic carbocycles. The molecule has 0 saturated heterocycles. The van der Waals surface area contributed by atoms with Crippen molar-refractivity contribution in [1.29, 1.82) is 0 Å². The van der Waals surface area contributed by atoms with Crippen molar-refractivity contribution in [3.05, 3.63) is 24.3 Å². The third-order valence-electron chi connectivity index (χ3n) is 2.37. The Balaban J connectivity index is 2.65. The van der Waals surface area contributed by atoms with Gasteiger partial charge in [-0.3, -0.25) is 9.59 Å². The fraction of sp³-hybridized carbons (Fsp3) is 0.308. The Morgan fingerprint density at radius 3 is 2.35 bits per heavy atom. The zero-order chi connectivity index (χ0) is 15.1. The van der Waals surface area contributed by atoms with Crippen molar-refractivity contribution in [2.75, 3.05) is 17.2 Å².